The summed E-state index contributed by atoms with van der Waals surface area (Å²) in [4.78, 5) is 0. The second-order valence-electron chi connectivity index (χ2n) is 3.54. The molecule has 0 atom stereocenters. The van der Waals surface area contributed by atoms with Crippen LogP contribution in [0.1, 0.15) is 0 Å². The molecule has 0 spiro atoms. The number of benzene rings is 1. The minimum absolute atomic E-state index is 0.130. The molecule has 1 rings (SSSR count). The van der Waals surface area contributed by atoms with E-state index >= 15 is 0 Å². The van der Waals surface area contributed by atoms with Crippen molar-refractivity contribution in [1.82, 2.24) is 0 Å². The highest BCUT2D eigenvalue weighted by Gasteiger charge is 2.11. The molecule has 0 N–H and O–H groups in total. The molecule has 0 saturated carbocycles. The molecule has 0 aromatic heterocycles. The van der Waals surface area contributed by atoms with Crippen LogP contribution in [0.25, 0.3) is 0 Å². The summed E-state index contributed by atoms with van der Waals surface area (Å²) in [6.45, 7) is 3.27. The lowest BCUT2D eigenvalue weighted by atomic mass is 10.3. The van der Waals surface area contributed by atoms with E-state index in [1.165, 1.54) is 12.1 Å². The fourth-order valence-corrected chi connectivity index (χ4v) is 1.88. The van der Waals surface area contributed by atoms with Gasteiger partial charge in [0.1, 0.15) is 19.2 Å². The van der Waals surface area contributed by atoms with Crippen LogP contribution in [0.5, 0.6) is 5.75 Å². The van der Waals surface area contributed by atoms with Crippen LogP contribution in [0.15, 0.2) is 12.1 Å². The van der Waals surface area contributed by atoms with Gasteiger partial charge in [-0.1, -0.05) is 34.8 Å². The molecular formula is C9H10Cl3O2P. The number of hydrogen-bond acceptors (Lipinski definition) is 2. The maximum atomic E-state index is 11.4. The number of rotatable bonds is 3. The van der Waals surface area contributed by atoms with Crippen LogP contribution >= 0.6 is 41.9 Å². The average molecular weight is 288 g/mol. The monoisotopic (exact) mass is 286 g/mol. The molecule has 2 nitrogen and oxygen atoms in total. The lowest BCUT2D eigenvalue weighted by Crippen LogP contribution is -1.97. The molecule has 0 fully saturated rings. The van der Waals surface area contributed by atoms with Gasteiger partial charge in [0.05, 0.1) is 15.1 Å². The van der Waals surface area contributed by atoms with Gasteiger partial charge in [0.25, 0.3) is 0 Å². The first-order chi connectivity index (χ1) is 6.79. The van der Waals surface area contributed by atoms with Gasteiger partial charge in [-0.15, -0.1) is 0 Å². The Morgan fingerprint density at radius 2 is 1.67 bits per heavy atom. The fraction of sp³-hybridized carbons (Fsp3) is 0.333. The molecule has 0 unspecified atom stereocenters. The van der Waals surface area contributed by atoms with Gasteiger partial charge in [0.2, 0.25) is 0 Å². The summed E-state index contributed by atoms with van der Waals surface area (Å²) < 4.78 is 16.7. The smallest absolute Gasteiger partial charge is 0.140 e. The molecule has 1 aromatic rings. The second-order valence-corrected chi connectivity index (χ2v) is 8.17. The van der Waals surface area contributed by atoms with Crippen LogP contribution in [-0.2, 0) is 4.57 Å². The Kier molecular flexibility index (Phi) is 4.37. The predicted molar refractivity (Wildman–Crippen MR) is 66.4 cm³/mol. The van der Waals surface area contributed by atoms with Crippen molar-refractivity contribution >= 4 is 41.9 Å². The normalized spacial score (nSPS) is 11.5. The van der Waals surface area contributed by atoms with Crippen molar-refractivity contribution in [3.63, 3.8) is 0 Å². The maximum absolute atomic E-state index is 11.4. The summed E-state index contributed by atoms with van der Waals surface area (Å²) in [6, 6.07) is 3.01. The molecule has 0 heterocycles. The standard InChI is InChI=1S/C9H10Cl3O2P/c1-15(2,13)5-14-9-4-7(11)6(10)3-8(9)12/h3-4H,5H2,1-2H3. The molecule has 0 aliphatic rings. The molecule has 0 aliphatic carbocycles. The molecule has 0 radical (unpaired) electrons. The van der Waals surface area contributed by atoms with E-state index < -0.39 is 7.14 Å². The third kappa shape index (κ3) is 4.24. The molecule has 1 aromatic carbocycles. The Labute approximate surface area is 104 Å². The first-order valence-corrected chi connectivity index (χ1v) is 8.03. The first-order valence-electron chi connectivity index (χ1n) is 4.11. The highest BCUT2D eigenvalue weighted by Crippen LogP contribution is 2.39. The number of hydrogen-bond donors (Lipinski definition) is 0. The Hall–Kier alpha value is 0.120. The van der Waals surface area contributed by atoms with E-state index in [9.17, 15) is 4.57 Å². The van der Waals surface area contributed by atoms with E-state index in [0.29, 0.717) is 20.8 Å². The van der Waals surface area contributed by atoms with Crippen molar-refractivity contribution in [1.29, 1.82) is 0 Å². The van der Waals surface area contributed by atoms with Gasteiger partial charge in [0, 0.05) is 6.07 Å². The molecule has 84 valence electrons. The van der Waals surface area contributed by atoms with E-state index in [1.54, 1.807) is 13.3 Å². The topological polar surface area (TPSA) is 26.3 Å². The van der Waals surface area contributed by atoms with Crippen LogP contribution in [0, 0.1) is 0 Å². The minimum atomic E-state index is -2.23. The SMILES string of the molecule is CP(C)(=O)COc1cc(Cl)c(Cl)cc1Cl. The molecule has 6 heteroatoms. The largest absolute Gasteiger partial charge is 0.484 e. The summed E-state index contributed by atoms with van der Waals surface area (Å²) in [5.74, 6) is 0.398. The van der Waals surface area contributed by atoms with Gasteiger partial charge in [-0.3, -0.25) is 0 Å². The van der Waals surface area contributed by atoms with Crippen LogP contribution < -0.4 is 4.74 Å². The van der Waals surface area contributed by atoms with Crippen molar-refractivity contribution in [3.05, 3.63) is 27.2 Å². The Morgan fingerprint density at radius 3 is 2.20 bits per heavy atom. The quantitative estimate of drug-likeness (QED) is 0.599. The molecule has 0 aliphatic heterocycles. The van der Waals surface area contributed by atoms with Crippen LogP contribution in [0.3, 0.4) is 0 Å². The predicted octanol–water partition coefficient (Wildman–Crippen LogP) is 4.61. The highest BCUT2D eigenvalue weighted by atomic mass is 35.5. The summed E-state index contributed by atoms with van der Waals surface area (Å²) >= 11 is 17.4. The van der Waals surface area contributed by atoms with Crippen molar-refractivity contribution in [2.45, 2.75) is 0 Å². The van der Waals surface area contributed by atoms with Crippen molar-refractivity contribution < 1.29 is 9.30 Å². The van der Waals surface area contributed by atoms with E-state index in [4.69, 9.17) is 39.5 Å². The third-order valence-electron chi connectivity index (χ3n) is 1.51. The summed E-state index contributed by atoms with van der Waals surface area (Å²) in [7, 11) is -2.23. The van der Waals surface area contributed by atoms with E-state index in [0.717, 1.165) is 0 Å². The lowest BCUT2D eigenvalue weighted by Gasteiger charge is -2.11. The molecular weight excluding hydrogens is 277 g/mol. The van der Waals surface area contributed by atoms with Crippen LogP contribution in [0.2, 0.25) is 15.1 Å². The van der Waals surface area contributed by atoms with Gasteiger partial charge < -0.3 is 9.30 Å². The first kappa shape index (κ1) is 13.2. The molecule has 0 bridgehead atoms. The maximum Gasteiger partial charge on any atom is 0.140 e. The fourth-order valence-electron chi connectivity index (χ4n) is 0.840. The van der Waals surface area contributed by atoms with Gasteiger partial charge in [-0.05, 0) is 19.4 Å². The minimum Gasteiger partial charge on any atom is -0.484 e. The van der Waals surface area contributed by atoms with Crippen molar-refractivity contribution in [2.75, 3.05) is 19.7 Å². The third-order valence-corrected chi connectivity index (χ3v) is 3.27. The highest BCUT2D eigenvalue weighted by molar-refractivity contribution is 7.62. The van der Waals surface area contributed by atoms with Crippen molar-refractivity contribution in [2.24, 2.45) is 0 Å². The van der Waals surface area contributed by atoms with Crippen LogP contribution in [0.4, 0.5) is 0 Å². The summed E-state index contributed by atoms with van der Waals surface area (Å²) in [5, 5.41) is 1.08. The molecule has 0 saturated heterocycles. The van der Waals surface area contributed by atoms with E-state index in [-0.39, 0.29) is 6.35 Å². The second kappa shape index (κ2) is 4.97. The number of ether oxygens (including phenoxy) is 1. The number of halogens is 3. The van der Waals surface area contributed by atoms with Crippen molar-refractivity contribution in [3.8, 4) is 5.75 Å². The van der Waals surface area contributed by atoms with Gasteiger partial charge >= 0.3 is 0 Å². The Morgan fingerprint density at radius 1 is 1.13 bits per heavy atom. The molecule has 15 heavy (non-hydrogen) atoms. The van der Waals surface area contributed by atoms with Gasteiger partial charge in [-0.25, -0.2) is 0 Å². The average Bonchev–Trinajstić information content (AvgIpc) is 2.07. The zero-order valence-corrected chi connectivity index (χ0v) is 11.4. The van der Waals surface area contributed by atoms with E-state index in [2.05, 4.69) is 0 Å². The summed E-state index contributed by atoms with van der Waals surface area (Å²) in [6.07, 6.45) is 0.130. The Bertz CT molecular complexity index is 414. The molecule has 0 amide bonds. The Balaban J connectivity index is 2.87. The van der Waals surface area contributed by atoms with Crippen LogP contribution in [-0.4, -0.2) is 19.7 Å². The van der Waals surface area contributed by atoms with Gasteiger partial charge in [-0.2, -0.15) is 0 Å². The zero-order chi connectivity index (χ0) is 11.6. The van der Waals surface area contributed by atoms with Gasteiger partial charge in [0.15, 0.2) is 0 Å². The lowest BCUT2D eigenvalue weighted by molar-refractivity contribution is 0.378. The summed E-state index contributed by atoms with van der Waals surface area (Å²) in [5.41, 5.74) is 0. The zero-order valence-electron chi connectivity index (χ0n) is 8.26. The van der Waals surface area contributed by atoms with E-state index in [1.807, 2.05) is 0 Å².